The average Bonchev–Trinajstić information content (AvgIpc) is 2.89. The smallest absolute Gasteiger partial charge is 0.310 e. The van der Waals surface area contributed by atoms with E-state index in [-0.39, 0.29) is 17.8 Å². The molecule has 108 valence electrons. The summed E-state index contributed by atoms with van der Waals surface area (Å²) in [4.78, 5) is 29.6. The second kappa shape index (κ2) is 6.65. The van der Waals surface area contributed by atoms with Crippen molar-refractivity contribution in [2.24, 2.45) is 5.92 Å². The molecule has 1 saturated heterocycles. The molecule has 20 heavy (non-hydrogen) atoms. The van der Waals surface area contributed by atoms with Gasteiger partial charge in [0.1, 0.15) is 0 Å². The number of carbonyl (C=O) groups excluding carboxylic acids is 2. The number of piperidine rings is 1. The number of carbonyl (C=O) groups is 2. The Balaban J connectivity index is 1.95. The van der Waals surface area contributed by atoms with Crippen LogP contribution in [0.15, 0.2) is 11.5 Å². The highest BCUT2D eigenvalue weighted by Crippen LogP contribution is 2.18. The summed E-state index contributed by atoms with van der Waals surface area (Å²) in [6.07, 6.45) is 4.85. The number of likely N-dealkylation sites (tertiary alicyclic amines) is 1. The van der Waals surface area contributed by atoms with Gasteiger partial charge in [0, 0.05) is 24.5 Å². The Morgan fingerprint density at radius 2 is 2.35 bits per heavy atom. The molecular weight excluding hydrogens is 276 g/mol. The lowest BCUT2D eigenvalue weighted by Gasteiger charge is -2.30. The van der Waals surface area contributed by atoms with E-state index >= 15 is 0 Å². The topological polar surface area (TPSA) is 59.5 Å². The van der Waals surface area contributed by atoms with Gasteiger partial charge in [-0.05, 0) is 25.8 Å². The molecular formula is C14H18N2O3S. The number of nitrogens with zero attached hydrogens (tertiary/aromatic N) is 2. The number of hydrogen-bond donors (Lipinski definition) is 0. The molecule has 1 amide bonds. The fraction of sp³-hybridized carbons (Fsp3) is 0.500. The fourth-order valence-corrected chi connectivity index (χ4v) is 2.84. The average molecular weight is 294 g/mol. The molecule has 0 radical (unpaired) electrons. The second-order valence-electron chi connectivity index (χ2n) is 4.77. The zero-order chi connectivity index (χ0) is 14.5. The summed E-state index contributed by atoms with van der Waals surface area (Å²) in [6.45, 7) is 3.05. The summed E-state index contributed by atoms with van der Waals surface area (Å²) in [7, 11) is 1.38. The van der Waals surface area contributed by atoms with Crippen molar-refractivity contribution in [3.63, 3.8) is 0 Å². The molecule has 2 heterocycles. The van der Waals surface area contributed by atoms with E-state index < -0.39 is 0 Å². The lowest BCUT2D eigenvalue weighted by Crippen LogP contribution is -2.41. The molecule has 1 aromatic heterocycles. The van der Waals surface area contributed by atoms with Crippen molar-refractivity contribution in [3.8, 4) is 0 Å². The first-order chi connectivity index (χ1) is 9.60. The normalized spacial score (nSPS) is 19.3. The van der Waals surface area contributed by atoms with Crippen LogP contribution in [0.3, 0.4) is 0 Å². The van der Waals surface area contributed by atoms with E-state index in [1.165, 1.54) is 13.2 Å². The van der Waals surface area contributed by atoms with Crippen molar-refractivity contribution in [3.05, 3.63) is 22.2 Å². The summed E-state index contributed by atoms with van der Waals surface area (Å²) >= 11 is 1.55. The van der Waals surface area contributed by atoms with E-state index in [4.69, 9.17) is 4.74 Å². The highest BCUT2D eigenvalue weighted by Gasteiger charge is 2.28. The molecule has 0 aromatic carbocycles. The molecule has 2 rings (SSSR count). The number of amides is 1. The van der Waals surface area contributed by atoms with Gasteiger partial charge in [-0.25, -0.2) is 4.98 Å². The Hall–Kier alpha value is -1.69. The lowest BCUT2D eigenvalue weighted by molar-refractivity contribution is -0.148. The summed E-state index contributed by atoms with van der Waals surface area (Å²) in [5, 5.41) is 2.88. The summed E-state index contributed by atoms with van der Waals surface area (Å²) < 4.78 is 4.75. The van der Waals surface area contributed by atoms with Gasteiger partial charge in [0.2, 0.25) is 5.91 Å². The zero-order valence-electron chi connectivity index (χ0n) is 11.7. The van der Waals surface area contributed by atoms with Crippen molar-refractivity contribution < 1.29 is 14.3 Å². The standard InChI is InChI=1S/C14H18N2O3S/c1-10-15-12(9-20-10)5-6-13(17)16-7-3-4-11(8-16)14(18)19-2/h5-6,9,11H,3-4,7-8H2,1-2H3/b6-5+. The predicted molar refractivity (Wildman–Crippen MR) is 77.2 cm³/mol. The first-order valence-electron chi connectivity index (χ1n) is 6.57. The van der Waals surface area contributed by atoms with Crippen molar-refractivity contribution in [1.82, 2.24) is 9.88 Å². The van der Waals surface area contributed by atoms with Gasteiger partial charge in [-0.1, -0.05) is 0 Å². The van der Waals surface area contributed by atoms with Crippen molar-refractivity contribution >= 4 is 29.3 Å². The van der Waals surface area contributed by atoms with Gasteiger partial charge in [0.15, 0.2) is 0 Å². The van der Waals surface area contributed by atoms with Gasteiger partial charge in [-0.2, -0.15) is 0 Å². The van der Waals surface area contributed by atoms with Crippen molar-refractivity contribution in [2.45, 2.75) is 19.8 Å². The van der Waals surface area contributed by atoms with Crippen molar-refractivity contribution in [1.29, 1.82) is 0 Å². The molecule has 1 atom stereocenters. The first-order valence-corrected chi connectivity index (χ1v) is 7.45. The van der Waals surface area contributed by atoms with E-state index in [2.05, 4.69) is 4.98 Å². The maximum Gasteiger partial charge on any atom is 0.310 e. The molecule has 0 saturated carbocycles. The van der Waals surface area contributed by atoms with E-state index in [0.717, 1.165) is 23.5 Å². The third-order valence-corrected chi connectivity index (χ3v) is 4.09. The molecule has 6 heteroatoms. The fourth-order valence-electron chi connectivity index (χ4n) is 2.26. The van der Waals surface area contributed by atoms with Gasteiger partial charge in [0.25, 0.3) is 0 Å². The van der Waals surface area contributed by atoms with E-state index in [0.29, 0.717) is 13.1 Å². The predicted octanol–water partition coefficient (Wildman–Crippen LogP) is 1.88. The Labute approximate surface area is 122 Å². The molecule has 1 fully saturated rings. The Morgan fingerprint density at radius 3 is 3.00 bits per heavy atom. The molecule has 0 aliphatic carbocycles. The molecule has 1 unspecified atom stereocenters. The van der Waals surface area contributed by atoms with Crippen LogP contribution >= 0.6 is 11.3 Å². The highest BCUT2D eigenvalue weighted by atomic mass is 32.1. The number of rotatable bonds is 3. The number of aryl methyl sites for hydroxylation is 1. The van der Waals surface area contributed by atoms with Crippen LogP contribution in [0.2, 0.25) is 0 Å². The molecule has 5 nitrogen and oxygen atoms in total. The van der Waals surface area contributed by atoms with Crippen LogP contribution in [0.1, 0.15) is 23.5 Å². The van der Waals surface area contributed by atoms with Crippen LogP contribution in [0, 0.1) is 12.8 Å². The molecule has 0 N–H and O–H groups in total. The molecule has 1 aliphatic rings. The first kappa shape index (κ1) is 14.7. The van der Waals surface area contributed by atoms with Crippen molar-refractivity contribution in [2.75, 3.05) is 20.2 Å². The minimum absolute atomic E-state index is 0.0794. The number of hydrogen-bond acceptors (Lipinski definition) is 5. The maximum atomic E-state index is 12.1. The third-order valence-electron chi connectivity index (χ3n) is 3.30. The summed E-state index contributed by atoms with van der Waals surface area (Å²) in [5.41, 5.74) is 0.794. The largest absolute Gasteiger partial charge is 0.469 e. The number of esters is 1. The minimum atomic E-state index is -0.235. The molecule has 1 aromatic rings. The van der Waals surface area contributed by atoms with Crippen LogP contribution in [-0.4, -0.2) is 42.0 Å². The van der Waals surface area contributed by atoms with E-state index in [1.54, 1.807) is 22.3 Å². The van der Waals surface area contributed by atoms with Gasteiger partial charge in [0.05, 0.1) is 23.7 Å². The monoisotopic (exact) mass is 294 g/mol. The van der Waals surface area contributed by atoms with E-state index in [9.17, 15) is 9.59 Å². The number of ether oxygens (including phenoxy) is 1. The summed E-state index contributed by atoms with van der Waals surface area (Å²) in [5.74, 6) is -0.515. The molecule has 0 bridgehead atoms. The number of methoxy groups -OCH3 is 1. The SMILES string of the molecule is COC(=O)C1CCCN(C(=O)/C=C/c2csc(C)n2)C1. The van der Waals surface area contributed by atoms with Gasteiger partial charge < -0.3 is 9.64 Å². The third kappa shape index (κ3) is 3.66. The zero-order valence-corrected chi connectivity index (χ0v) is 12.5. The molecule has 0 spiro atoms. The van der Waals surface area contributed by atoms with Gasteiger partial charge >= 0.3 is 5.97 Å². The van der Waals surface area contributed by atoms with Crippen LogP contribution in [0.4, 0.5) is 0 Å². The van der Waals surface area contributed by atoms with Crippen LogP contribution < -0.4 is 0 Å². The minimum Gasteiger partial charge on any atom is -0.469 e. The Morgan fingerprint density at radius 1 is 1.55 bits per heavy atom. The molecule has 1 aliphatic heterocycles. The second-order valence-corrected chi connectivity index (χ2v) is 5.83. The maximum absolute atomic E-state index is 12.1. The Kier molecular flexibility index (Phi) is 4.89. The van der Waals surface area contributed by atoms with Gasteiger partial charge in [-0.3, -0.25) is 9.59 Å². The van der Waals surface area contributed by atoms with Gasteiger partial charge in [-0.15, -0.1) is 11.3 Å². The van der Waals surface area contributed by atoms with Crippen LogP contribution in [0.5, 0.6) is 0 Å². The van der Waals surface area contributed by atoms with E-state index in [1.807, 2.05) is 12.3 Å². The quantitative estimate of drug-likeness (QED) is 0.631. The number of thiazole rings is 1. The van der Waals surface area contributed by atoms with Crippen LogP contribution in [0.25, 0.3) is 6.08 Å². The Bertz CT molecular complexity index is 524. The number of aromatic nitrogens is 1. The summed E-state index contributed by atoms with van der Waals surface area (Å²) in [6, 6.07) is 0. The highest BCUT2D eigenvalue weighted by molar-refractivity contribution is 7.09. The van der Waals surface area contributed by atoms with Crippen LogP contribution in [-0.2, 0) is 14.3 Å². The lowest BCUT2D eigenvalue weighted by atomic mass is 9.98.